The minimum absolute atomic E-state index is 0.0581. The number of hydrogen-bond donors (Lipinski definition) is 2. The highest BCUT2D eigenvalue weighted by Gasteiger charge is 2.30. The molecule has 4 rings (SSSR count). The van der Waals surface area contributed by atoms with Gasteiger partial charge in [-0.1, -0.05) is 42.5 Å². The summed E-state index contributed by atoms with van der Waals surface area (Å²) in [7, 11) is 0. The predicted octanol–water partition coefficient (Wildman–Crippen LogP) is 3.31. The molecule has 0 bridgehead atoms. The summed E-state index contributed by atoms with van der Waals surface area (Å²) < 4.78 is 5.22. The number of aliphatic hydroxyl groups is 1. The van der Waals surface area contributed by atoms with E-state index in [1.165, 1.54) is 17.4 Å². The van der Waals surface area contributed by atoms with Gasteiger partial charge in [0.05, 0.1) is 25.5 Å². The van der Waals surface area contributed by atoms with Gasteiger partial charge in [0.25, 0.3) is 11.8 Å². The molecule has 0 saturated heterocycles. The summed E-state index contributed by atoms with van der Waals surface area (Å²) in [5.74, 6) is -1.40. The summed E-state index contributed by atoms with van der Waals surface area (Å²) in [6, 6.07) is 16.6. The number of nitrogens with one attached hydrogen (secondary N) is 1. The second-order valence-corrected chi connectivity index (χ2v) is 8.06. The number of ether oxygens (including phenoxy) is 1. The molecule has 2 N–H and O–H groups in total. The maximum Gasteiger partial charge on any atom is 0.350 e. The van der Waals surface area contributed by atoms with Crippen molar-refractivity contribution in [1.29, 1.82) is 0 Å². The van der Waals surface area contributed by atoms with Crippen molar-refractivity contribution in [1.82, 2.24) is 9.88 Å². The van der Waals surface area contributed by atoms with E-state index in [4.69, 9.17) is 14.8 Å². The van der Waals surface area contributed by atoms with Crippen LogP contribution in [0.5, 0.6) is 0 Å². The summed E-state index contributed by atoms with van der Waals surface area (Å²) in [5.41, 5.74) is 2.80. The van der Waals surface area contributed by atoms with Crippen molar-refractivity contribution < 1.29 is 24.2 Å². The van der Waals surface area contributed by atoms with Gasteiger partial charge >= 0.3 is 5.97 Å². The Hall–Kier alpha value is -3.82. The summed E-state index contributed by atoms with van der Waals surface area (Å²) in [5, 5.41) is 12.6. The molecule has 9 heteroatoms. The van der Waals surface area contributed by atoms with Gasteiger partial charge in [-0.3, -0.25) is 14.5 Å². The van der Waals surface area contributed by atoms with E-state index in [0.717, 1.165) is 16.0 Å². The van der Waals surface area contributed by atoms with Crippen molar-refractivity contribution >= 4 is 34.8 Å². The quantitative estimate of drug-likeness (QED) is 0.390. The lowest BCUT2D eigenvalue weighted by Crippen LogP contribution is -2.34. The third kappa shape index (κ3) is 4.69. The van der Waals surface area contributed by atoms with Gasteiger partial charge in [0.15, 0.2) is 0 Å². The van der Waals surface area contributed by atoms with Crippen LogP contribution < -0.4 is 5.32 Å². The van der Waals surface area contributed by atoms with E-state index in [-0.39, 0.29) is 25.5 Å². The van der Waals surface area contributed by atoms with E-state index in [1.54, 1.807) is 25.1 Å². The van der Waals surface area contributed by atoms with E-state index < -0.39 is 17.8 Å². The van der Waals surface area contributed by atoms with Gasteiger partial charge in [0.2, 0.25) is 0 Å². The third-order valence-corrected chi connectivity index (χ3v) is 5.94. The van der Waals surface area contributed by atoms with E-state index in [9.17, 15) is 14.4 Å². The largest absolute Gasteiger partial charge is 0.462 e. The van der Waals surface area contributed by atoms with Crippen molar-refractivity contribution in [3.63, 3.8) is 0 Å². The Labute approximate surface area is 194 Å². The Morgan fingerprint density at radius 1 is 1.12 bits per heavy atom. The van der Waals surface area contributed by atoms with Crippen LogP contribution in [-0.4, -0.2) is 52.5 Å². The zero-order valence-corrected chi connectivity index (χ0v) is 18.6. The molecule has 0 radical (unpaired) electrons. The number of hydrogen-bond acceptors (Lipinski definition) is 8. The highest BCUT2D eigenvalue weighted by atomic mass is 32.1. The SMILES string of the molecule is CCOC(=O)c1sc(-c2cccc(NC3=CC(=O)N(CCO)C3=O)c2)nc1-c1ccccc1. The Morgan fingerprint density at radius 3 is 2.61 bits per heavy atom. The number of thiazole rings is 1. The highest BCUT2D eigenvalue weighted by molar-refractivity contribution is 7.17. The van der Waals surface area contributed by atoms with Crippen LogP contribution in [0.1, 0.15) is 16.6 Å². The summed E-state index contributed by atoms with van der Waals surface area (Å²) in [6.45, 7) is 1.65. The molecule has 0 fully saturated rings. The molecule has 0 saturated carbocycles. The van der Waals surface area contributed by atoms with Crippen molar-refractivity contribution in [2.24, 2.45) is 0 Å². The third-order valence-electron chi connectivity index (χ3n) is 4.86. The van der Waals surface area contributed by atoms with Gasteiger partial charge < -0.3 is 15.2 Å². The second-order valence-electron chi connectivity index (χ2n) is 7.07. The number of esters is 1. The highest BCUT2D eigenvalue weighted by Crippen LogP contribution is 2.35. The number of anilines is 1. The lowest BCUT2D eigenvalue weighted by molar-refractivity contribution is -0.137. The van der Waals surface area contributed by atoms with Gasteiger partial charge in [-0.25, -0.2) is 9.78 Å². The standard InChI is InChI=1S/C24H21N3O5S/c1-2-32-24(31)21-20(15-7-4-3-5-8-15)26-22(33-21)16-9-6-10-17(13-16)25-18-14-19(29)27(11-12-28)23(18)30/h3-10,13-14,25,28H,2,11-12H2,1H3. The van der Waals surface area contributed by atoms with Gasteiger partial charge in [0.1, 0.15) is 15.6 Å². The first-order chi connectivity index (χ1) is 16.0. The summed E-state index contributed by atoms with van der Waals surface area (Å²) in [4.78, 5) is 43.1. The first kappa shape index (κ1) is 22.4. The van der Waals surface area contributed by atoms with Crippen molar-refractivity contribution in [2.45, 2.75) is 6.92 Å². The molecule has 2 aromatic carbocycles. The van der Waals surface area contributed by atoms with Crippen molar-refractivity contribution in [3.05, 3.63) is 71.2 Å². The molecule has 0 atom stereocenters. The van der Waals surface area contributed by atoms with Crippen LogP contribution in [0.4, 0.5) is 5.69 Å². The van der Waals surface area contributed by atoms with Crippen LogP contribution in [0.2, 0.25) is 0 Å². The number of carbonyl (C=O) groups is 3. The number of benzene rings is 2. The average Bonchev–Trinajstić information content (AvgIpc) is 3.38. The van der Waals surface area contributed by atoms with Crippen LogP contribution in [0, 0.1) is 0 Å². The lowest BCUT2D eigenvalue weighted by atomic mass is 10.1. The number of nitrogens with zero attached hydrogens (tertiary/aromatic N) is 2. The fraction of sp³-hybridized carbons (Fsp3) is 0.167. The minimum Gasteiger partial charge on any atom is -0.462 e. The van der Waals surface area contributed by atoms with Crippen molar-refractivity contribution in [3.8, 4) is 21.8 Å². The molecule has 1 aromatic heterocycles. The molecule has 0 aliphatic carbocycles. The van der Waals surface area contributed by atoms with E-state index in [2.05, 4.69) is 5.32 Å². The van der Waals surface area contributed by atoms with Gasteiger partial charge in [-0.15, -0.1) is 11.3 Å². The summed E-state index contributed by atoms with van der Waals surface area (Å²) >= 11 is 1.23. The van der Waals surface area contributed by atoms with E-state index in [0.29, 0.717) is 21.3 Å². The monoisotopic (exact) mass is 463 g/mol. The lowest BCUT2D eigenvalue weighted by Gasteiger charge is -2.13. The maximum atomic E-state index is 12.6. The van der Waals surface area contributed by atoms with Gasteiger partial charge in [0, 0.05) is 22.9 Å². The maximum absolute atomic E-state index is 12.6. The van der Waals surface area contributed by atoms with Crippen LogP contribution in [0.25, 0.3) is 21.8 Å². The van der Waals surface area contributed by atoms with Crippen molar-refractivity contribution in [2.75, 3.05) is 25.1 Å². The molecule has 0 unspecified atom stereocenters. The smallest absolute Gasteiger partial charge is 0.350 e. The molecule has 2 amide bonds. The molecular formula is C24H21N3O5S. The predicted molar refractivity (Wildman–Crippen MR) is 124 cm³/mol. The minimum atomic E-state index is -0.496. The van der Waals surface area contributed by atoms with E-state index in [1.807, 2.05) is 36.4 Å². The van der Waals surface area contributed by atoms with Gasteiger partial charge in [-0.05, 0) is 19.1 Å². The zero-order chi connectivity index (χ0) is 23.4. The second kappa shape index (κ2) is 9.76. The number of aromatic nitrogens is 1. The Balaban J connectivity index is 1.65. The zero-order valence-electron chi connectivity index (χ0n) is 17.8. The molecule has 2 heterocycles. The number of amides is 2. The van der Waals surface area contributed by atoms with Crippen LogP contribution >= 0.6 is 11.3 Å². The molecular weight excluding hydrogens is 442 g/mol. The molecule has 3 aromatic rings. The number of imide groups is 1. The fourth-order valence-corrected chi connectivity index (χ4v) is 4.34. The first-order valence-electron chi connectivity index (χ1n) is 10.3. The Bertz CT molecular complexity index is 1240. The molecule has 1 aliphatic heterocycles. The number of carbonyl (C=O) groups excluding carboxylic acids is 3. The van der Waals surface area contributed by atoms with Gasteiger partial charge in [-0.2, -0.15) is 0 Å². The van der Waals surface area contributed by atoms with E-state index >= 15 is 0 Å². The number of aliphatic hydroxyl groups excluding tert-OH is 1. The molecule has 33 heavy (non-hydrogen) atoms. The van der Waals surface area contributed by atoms with Crippen LogP contribution in [0.15, 0.2) is 66.4 Å². The number of rotatable bonds is 8. The first-order valence-corrected chi connectivity index (χ1v) is 11.1. The molecule has 8 nitrogen and oxygen atoms in total. The molecule has 1 aliphatic rings. The topological polar surface area (TPSA) is 109 Å². The molecule has 168 valence electrons. The Morgan fingerprint density at radius 2 is 1.88 bits per heavy atom. The number of β-amino-alcohol motifs (C(OH)–C–C–N with tert-alkyl or cyclic N) is 1. The summed E-state index contributed by atoms with van der Waals surface area (Å²) in [6.07, 6.45) is 1.21. The van der Waals surface area contributed by atoms with Crippen LogP contribution in [-0.2, 0) is 14.3 Å². The Kier molecular flexibility index (Phi) is 6.62. The fourth-order valence-electron chi connectivity index (χ4n) is 3.37. The molecule has 0 spiro atoms. The average molecular weight is 464 g/mol. The normalized spacial score (nSPS) is 13.3. The van der Waals surface area contributed by atoms with Crippen LogP contribution in [0.3, 0.4) is 0 Å².